The molecule has 94 valence electrons. The number of rotatable bonds is 3. The zero-order chi connectivity index (χ0) is 12.5. The van der Waals surface area contributed by atoms with Gasteiger partial charge in [0.15, 0.2) is 0 Å². The van der Waals surface area contributed by atoms with Gasteiger partial charge < -0.3 is 5.11 Å². The summed E-state index contributed by atoms with van der Waals surface area (Å²) in [5.74, 6) is -1.10. The first-order valence-electron chi connectivity index (χ1n) is 5.27. The summed E-state index contributed by atoms with van der Waals surface area (Å²) < 4.78 is 25.4. The molecule has 1 atom stereocenters. The highest BCUT2D eigenvalue weighted by Gasteiger charge is 2.37. The minimum Gasteiger partial charge on any atom is -0.480 e. The van der Waals surface area contributed by atoms with Crippen molar-refractivity contribution >= 4 is 16.0 Å². The molecular formula is C9H13N3O4S. The van der Waals surface area contributed by atoms with Crippen LogP contribution >= 0.6 is 0 Å². The number of nitrogens with zero attached hydrogens (tertiary/aromatic N) is 2. The zero-order valence-electron chi connectivity index (χ0n) is 9.04. The Morgan fingerprint density at radius 2 is 2.29 bits per heavy atom. The second-order valence-corrected chi connectivity index (χ2v) is 5.79. The SMILES string of the molecule is O=C(O)[C@@H]1CCCCN1S(=O)(=O)c1cn[nH]c1. The molecule has 8 heteroatoms. The van der Waals surface area contributed by atoms with E-state index in [9.17, 15) is 13.2 Å². The third-order valence-corrected chi connectivity index (χ3v) is 4.69. The van der Waals surface area contributed by atoms with Gasteiger partial charge in [0.25, 0.3) is 0 Å². The van der Waals surface area contributed by atoms with Gasteiger partial charge in [-0.25, -0.2) is 8.42 Å². The van der Waals surface area contributed by atoms with Crippen LogP contribution in [0.2, 0.25) is 0 Å². The van der Waals surface area contributed by atoms with Gasteiger partial charge in [-0.3, -0.25) is 9.89 Å². The van der Waals surface area contributed by atoms with Crippen LogP contribution in [0.15, 0.2) is 17.3 Å². The number of carboxylic acids is 1. The number of aromatic amines is 1. The van der Waals surface area contributed by atoms with Gasteiger partial charge in [-0.15, -0.1) is 0 Å². The quantitative estimate of drug-likeness (QED) is 0.797. The maximum absolute atomic E-state index is 12.2. The highest BCUT2D eigenvalue weighted by Crippen LogP contribution is 2.24. The summed E-state index contributed by atoms with van der Waals surface area (Å²) in [6, 6.07) is -0.969. The predicted molar refractivity (Wildman–Crippen MR) is 57.8 cm³/mol. The average molecular weight is 259 g/mol. The van der Waals surface area contributed by atoms with Crippen LogP contribution in [0.1, 0.15) is 19.3 Å². The molecule has 1 aromatic rings. The first-order chi connectivity index (χ1) is 8.03. The number of aliphatic carboxylic acids is 1. The number of carbonyl (C=O) groups is 1. The van der Waals surface area contributed by atoms with Crippen molar-refractivity contribution in [1.29, 1.82) is 0 Å². The van der Waals surface area contributed by atoms with Gasteiger partial charge in [0.1, 0.15) is 10.9 Å². The van der Waals surface area contributed by atoms with E-state index >= 15 is 0 Å². The molecule has 0 bridgehead atoms. The Kier molecular flexibility index (Phi) is 3.16. The van der Waals surface area contributed by atoms with Crippen molar-refractivity contribution in [2.24, 2.45) is 0 Å². The van der Waals surface area contributed by atoms with E-state index in [0.29, 0.717) is 12.8 Å². The van der Waals surface area contributed by atoms with Crippen molar-refractivity contribution in [3.8, 4) is 0 Å². The van der Waals surface area contributed by atoms with Crippen LogP contribution in [-0.4, -0.2) is 46.6 Å². The molecule has 1 aromatic heterocycles. The smallest absolute Gasteiger partial charge is 0.322 e. The minimum absolute atomic E-state index is 0.00523. The van der Waals surface area contributed by atoms with Crippen LogP contribution in [0.5, 0.6) is 0 Å². The number of piperidine rings is 1. The van der Waals surface area contributed by atoms with Crippen molar-refractivity contribution in [1.82, 2.24) is 14.5 Å². The van der Waals surface area contributed by atoms with Gasteiger partial charge in [0.2, 0.25) is 10.0 Å². The van der Waals surface area contributed by atoms with E-state index in [1.54, 1.807) is 0 Å². The maximum atomic E-state index is 12.2. The molecule has 1 aliphatic rings. The fourth-order valence-corrected chi connectivity index (χ4v) is 3.51. The lowest BCUT2D eigenvalue weighted by molar-refractivity contribution is -0.142. The molecule has 1 aliphatic heterocycles. The van der Waals surface area contributed by atoms with Crippen LogP contribution in [0.25, 0.3) is 0 Å². The summed E-state index contributed by atoms with van der Waals surface area (Å²) in [7, 11) is -3.75. The largest absolute Gasteiger partial charge is 0.480 e. The predicted octanol–water partition coefficient (Wildman–Crippen LogP) is 0.0375. The van der Waals surface area contributed by atoms with Gasteiger partial charge in [-0.2, -0.15) is 9.40 Å². The molecule has 1 fully saturated rings. The summed E-state index contributed by atoms with van der Waals surface area (Å²) in [4.78, 5) is 11.1. The first-order valence-corrected chi connectivity index (χ1v) is 6.71. The molecule has 2 heterocycles. The number of carboxylic acid groups (broad SMARTS) is 1. The fraction of sp³-hybridized carbons (Fsp3) is 0.556. The van der Waals surface area contributed by atoms with E-state index in [4.69, 9.17) is 5.11 Å². The highest BCUT2D eigenvalue weighted by atomic mass is 32.2. The van der Waals surface area contributed by atoms with Crippen molar-refractivity contribution in [3.63, 3.8) is 0 Å². The van der Waals surface area contributed by atoms with Crippen molar-refractivity contribution < 1.29 is 18.3 Å². The monoisotopic (exact) mass is 259 g/mol. The van der Waals surface area contributed by atoms with Crippen molar-refractivity contribution in [2.75, 3.05) is 6.54 Å². The van der Waals surface area contributed by atoms with Crippen molar-refractivity contribution in [3.05, 3.63) is 12.4 Å². The molecule has 0 aromatic carbocycles. The van der Waals surface area contributed by atoms with Gasteiger partial charge in [0, 0.05) is 12.7 Å². The molecule has 0 unspecified atom stereocenters. The van der Waals surface area contributed by atoms with E-state index in [2.05, 4.69) is 10.2 Å². The lowest BCUT2D eigenvalue weighted by atomic mass is 10.1. The topological polar surface area (TPSA) is 103 Å². The standard InChI is InChI=1S/C9H13N3O4S/c13-9(14)8-3-1-2-4-12(8)17(15,16)7-5-10-11-6-7/h5-6,8H,1-4H2,(H,10,11)(H,13,14)/t8-/m0/s1. The van der Waals surface area contributed by atoms with Crippen LogP contribution < -0.4 is 0 Å². The second-order valence-electron chi connectivity index (χ2n) is 3.90. The Balaban J connectivity index is 2.34. The molecule has 17 heavy (non-hydrogen) atoms. The Labute approximate surface area is 98.5 Å². The Morgan fingerprint density at radius 1 is 1.53 bits per heavy atom. The number of hydrogen-bond donors (Lipinski definition) is 2. The summed E-state index contributed by atoms with van der Waals surface area (Å²) in [5.41, 5.74) is 0. The van der Waals surface area contributed by atoms with Gasteiger partial charge in [0.05, 0.1) is 6.20 Å². The van der Waals surface area contributed by atoms with Crippen LogP contribution in [-0.2, 0) is 14.8 Å². The molecular weight excluding hydrogens is 246 g/mol. The van der Waals surface area contributed by atoms with Crippen LogP contribution in [0.3, 0.4) is 0 Å². The Hall–Kier alpha value is -1.41. The summed E-state index contributed by atoms with van der Waals surface area (Å²) >= 11 is 0. The van der Waals surface area contributed by atoms with E-state index in [1.165, 1.54) is 12.4 Å². The fourth-order valence-electron chi connectivity index (χ4n) is 1.96. The van der Waals surface area contributed by atoms with E-state index in [1.807, 2.05) is 0 Å². The molecule has 0 aliphatic carbocycles. The lowest BCUT2D eigenvalue weighted by Gasteiger charge is -2.31. The van der Waals surface area contributed by atoms with E-state index in [-0.39, 0.29) is 11.4 Å². The lowest BCUT2D eigenvalue weighted by Crippen LogP contribution is -2.47. The molecule has 1 saturated heterocycles. The number of nitrogens with one attached hydrogen (secondary N) is 1. The van der Waals surface area contributed by atoms with Crippen molar-refractivity contribution in [2.45, 2.75) is 30.2 Å². The maximum Gasteiger partial charge on any atom is 0.322 e. The van der Waals surface area contributed by atoms with Crippen LogP contribution in [0, 0.1) is 0 Å². The van der Waals surface area contributed by atoms with Gasteiger partial charge in [-0.05, 0) is 19.3 Å². The Morgan fingerprint density at radius 3 is 2.88 bits per heavy atom. The molecule has 0 saturated carbocycles. The molecule has 0 amide bonds. The third kappa shape index (κ3) is 2.18. The number of sulfonamides is 1. The van der Waals surface area contributed by atoms with Crippen LogP contribution in [0.4, 0.5) is 0 Å². The first kappa shape index (κ1) is 12.1. The molecule has 7 nitrogen and oxygen atoms in total. The zero-order valence-corrected chi connectivity index (χ0v) is 9.85. The van der Waals surface area contributed by atoms with E-state index in [0.717, 1.165) is 10.7 Å². The molecule has 0 spiro atoms. The Bertz CT molecular complexity index is 496. The number of H-pyrrole nitrogens is 1. The van der Waals surface area contributed by atoms with Gasteiger partial charge in [-0.1, -0.05) is 0 Å². The third-order valence-electron chi connectivity index (χ3n) is 2.82. The molecule has 2 N–H and O–H groups in total. The average Bonchev–Trinajstić information content (AvgIpc) is 2.83. The minimum atomic E-state index is -3.75. The summed E-state index contributed by atoms with van der Waals surface area (Å²) in [6.07, 6.45) is 4.20. The second kappa shape index (κ2) is 4.46. The summed E-state index contributed by atoms with van der Waals surface area (Å²) in [6.45, 7) is 0.241. The number of aromatic nitrogens is 2. The number of hydrogen-bond acceptors (Lipinski definition) is 4. The summed E-state index contributed by atoms with van der Waals surface area (Å²) in [5, 5.41) is 15.0. The molecule has 2 rings (SSSR count). The van der Waals surface area contributed by atoms with E-state index < -0.39 is 22.0 Å². The normalized spacial score (nSPS) is 22.5. The van der Waals surface area contributed by atoms with Gasteiger partial charge >= 0.3 is 5.97 Å². The molecule has 0 radical (unpaired) electrons. The highest BCUT2D eigenvalue weighted by molar-refractivity contribution is 7.89.